The number of halogens is 2. The first-order chi connectivity index (χ1) is 12.6. The van der Waals surface area contributed by atoms with Crippen molar-refractivity contribution in [2.45, 2.75) is 26.3 Å². The molecule has 0 spiro atoms. The summed E-state index contributed by atoms with van der Waals surface area (Å²) in [7, 11) is 0. The van der Waals surface area contributed by atoms with Gasteiger partial charge in [0, 0.05) is 30.8 Å². The van der Waals surface area contributed by atoms with Gasteiger partial charge in [-0.25, -0.2) is 23.3 Å². The summed E-state index contributed by atoms with van der Waals surface area (Å²) in [5.41, 5.74) is 2.52. The molecule has 7 heteroatoms. The monoisotopic (exact) mass is 351 g/mol. The molecule has 130 valence electrons. The summed E-state index contributed by atoms with van der Waals surface area (Å²) in [4.78, 5) is 9.23. The van der Waals surface area contributed by atoms with E-state index in [0.29, 0.717) is 28.4 Å². The number of rotatable bonds is 2. The van der Waals surface area contributed by atoms with Crippen LogP contribution in [0.2, 0.25) is 0 Å². The van der Waals surface area contributed by atoms with E-state index in [2.05, 4.69) is 15.1 Å². The van der Waals surface area contributed by atoms with Crippen LogP contribution in [0.15, 0.2) is 36.5 Å². The predicted molar refractivity (Wildman–Crippen MR) is 92.6 cm³/mol. The smallest absolute Gasteiger partial charge is 0.201 e. The molecule has 1 aliphatic rings. The minimum Gasteiger partial charge on any atom is -0.325 e. The molecule has 5 nitrogen and oxygen atoms in total. The van der Waals surface area contributed by atoms with E-state index in [1.165, 1.54) is 6.07 Å². The molecule has 0 atom stereocenters. The summed E-state index contributed by atoms with van der Waals surface area (Å²) < 4.78 is 32.0. The van der Waals surface area contributed by atoms with Crippen LogP contribution in [0.4, 0.5) is 8.78 Å². The molecule has 0 unspecified atom stereocenters. The Morgan fingerprint density at radius 2 is 1.96 bits per heavy atom. The molecule has 0 bridgehead atoms. The maximum Gasteiger partial charge on any atom is 0.201 e. The van der Waals surface area contributed by atoms with Crippen LogP contribution < -0.4 is 0 Å². The fourth-order valence-corrected chi connectivity index (χ4v) is 3.51. The molecule has 0 radical (unpaired) electrons. The molecular formula is C19H15F2N5. The number of hydrogen-bond acceptors (Lipinski definition) is 3. The summed E-state index contributed by atoms with van der Waals surface area (Å²) in [5.74, 6) is 0.184. The molecule has 1 aliphatic heterocycles. The van der Waals surface area contributed by atoms with Gasteiger partial charge in [0.05, 0.1) is 0 Å². The van der Waals surface area contributed by atoms with Crippen molar-refractivity contribution in [2.24, 2.45) is 0 Å². The molecule has 0 fully saturated rings. The highest BCUT2D eigenvalue weighted by Crippen LogP contribution is 2.36. The summed E-state index contributed by atoms with van der Waals surface area (Å²) in [5, 5.41) is 4.54. The van der Waals surface area contributed by atoms with Gasteiger partial charge in [-0.1, -0.05) is 6.07 Å². The third-order valence-corrected chi connectivity index (χ3v) is 4.79. The van der Waals surface area contributed by atoms with Crippen LogP contribution in [-0.4, -0.2) is 24.1 Å². The van der Waals surface area contributed by atoms with E-state index in [-0.39, 0.29) is 5.56 Å². The van der Waals surface area contributed by atoms with E-state index in [1.54, 1.807) is 11.4 Å². The van der Waals surface area contributed by atoms with Gasteiger partial charge >= 0.3 is 0 Å². The first-order valence-corrected chi connectivity index (χ1v) is 8.49. The Kier molecular flexibility index (Phi) is 3.19. The lowest BCUT2D eigenvalue weighted by atomic mass is 10.1. The number of fused-ring (bicyclic) bond motifs is 2. The Bertz CT molecular complexity index is 1130. The second kappa shape index (κ2) is 5.45. The molecule has 1 aromatic carbocycles. The van der Waals surface area contributed by atoms with Crippen molar-refractivity contribution in [1.82, 2.24) is 24.1 Å². The van der Waals surface area contributed by atoms with Crippen molar-refractivity contribution >= 4 is 5.65 Å². The lowest BCUT2D eigenvalue weighted by Crippen LogP contribution is -1.99. The Hall–Kier alpha value is -3.09. The van der Waals surface area contributed by atoms with Gasteiger partial charge in [0.25, 0.3) is 0 Å². The lowest BCUT2D eigenvalue weighted by molar-refractivity contribution is 0.579. The Morgan fingerprint density at radius 1 is 1.08 bits per heavy atom. The molecule has 26 heavy (non-hydrogen) atoms. The summed E-state index contributed by atoms with van der Waals surface area (Å²) >= 11 is 0. The number of aromatic nitrogens is 5. The number of hydrogen-bond donors (Lipinski definition) is 0. The highest BCUT2D eigenvalue weighted by Gasteiger charge is 2.27. The maximum absolute atomic E-state index is 14.5. The SMILES string of the molecule is Cc1cc(-c2nc3n(c2-c2nc4ccccn4n2)CCC3)c(F)cc1F. The van der Waals surface area contributed by atoms with Crippen molar-refractivity contribution in [2.75, 3.05) is 0 Å². The fourth-order valence-electron chi connectivity index (χ4n) is 3.51. The second-order valence-electron chi connectivity index (χ2n) is 6.50. The van der Waals surface area contributed by atoms with Gasteiger partial charge in [-0.2, -0.15) is 0 Å². The van der Waals surface area contributed by atoms with E-state index >= 15 is 0 Å². The van der Waals surface area contributed by atoms with Gasteiger partial charge in [0.2, 0.25) is 5.82 Å². The average Bonchev–Trinajstić information content (AvgIpc) is 3.30. The zero-order valence-corrected chi connectivity index (χ0v) is 14.1. The summed E-state index contributed by atoms with van der Waals surface area (Å²) in [6.45, 7) is 2.40. The summed E-state index contributed by atoms with van der Waals surface area (Å²) in [6.07, 6.45) is 3.62. The number of benzene rings is 1. The van der Waals surface area contributed by atoms with Crippen LogP contribution in [0.3, 0.4) is 0 Å². The summed E-state index contributed by atoms with van der Waals surface area (Å²) in [6, 6.07) is 8.03. The van der Waals surface area contributed by atoms with E-state index in [4.69, 9.17) is 0 Å². The van der Waals surface area contributed by atoms with Crippen LogP contribution in [0.5, 0.6) is 0 Å². The third-order valence-electron chi connectivity index (χ3n) is 4.79. The molecule has 0 saturated heterocycles. The van der Waals surface area contributed by atoms with Crippen molar-refractivity contribution in [3.63, 3.8) is 0 Å². The average molecular weight is 351 g/mol. The first-order valence-electron chi connectivity index (χ1n) is 8.49. The zero-order valence-electron chi connectivity index (χ0n) is 14.1. The fraction of sp³-hybridized carbons (Fsp3) is 0.211. The molecule has 4 heterocycles. The van der Waals surface area contributed by atoms with Crippen LogP contribution in [0.1, 0.15) is 17.8 Å². The molecule has 5 rings (SSSR count). The van der Waals surface area contributed by atoms with Gasteiger partial charge in [-0.3, -0.25) is 0 Å². The first kappa shape index (κ1) is 15.2. The number of nitrogens with zero attached hydrogens (tertiary/aromatic N) is 5. The van der Waals surface area contributed by atoms with Crippen LogP contribution in [-0.2, 0) is 13.0 Å². The minimum absolute atomic E-state index is 0.277. The van der Waals surface area contributed by atoms with Crippen LogP contribution >= 0.6 is 0 Å². The van der Waals surface area contributed by atoms with E-state index in [9.17, 15) is 8.78 Å². The highest BCUT2D eigenvalue weighted by molar-refractivity contribution is 5.77. The molecule has 3 aromatic heterocycles. The van der Waals surface area contributed by atoms with E-state index in [1.807, 2.05) is 29.0 Å². The zero-order chi connectivity index (χ0) is 17.8. The van der Waals surface area contributed by atoms with Crippen molar-refractivity contribution < 1.29 is 8.78 Å². The number of aryl methyl sites for hydroxylation is 2. The number of pyridine rings is 1. The molecule has 0 saturated carbocycles. The Labute approximate surface area is 147 Å². The molecular weight excluding hydrogens is 336 g/mol. The van der Waals surface area contributed by atoms with E-state index in [0.717, 1.165) is 31.3 Å². The Morgan fingerprint density at radius 3 is 2.81 bits per heavy atom. The quantitative estimate of drug-likeness (QED) is 0.552. The topological polar surface area (TPSA) is 48.0 Å². The van der Waals surface area contributed by atoms with Crippen molar-refractivity contribution in [3.8, 4) is 22.8 Å². The second-order valence-corrected chi connectivity index (χ2v) is 6.50. The number of imidazole rings is 1. The Balaban J connectivity index is 1.79. The predicted octanol–water partition coefficient (Wildman–Crippen LogP) is 3.79. The van der Waals surface area contributed by atoms with Crippen LogP contribution in [0.25, 0.3) is 28.4 Å². The van der Waals surface area contributed by atoms with Gasteiger partial charge in [0.1, 0.15) is 28.8 Å². The lowest BCUT2D eigenvalue weighted by Gasteiger charge is -2.07. The van der Waals surface area contributed by atoms with Gasteiger partial charge in [-0.15, -0.1) is 5.10 Å². The van der Waals surface area contributed by atoms with Gasteiger partial charge in [-0.05, 0) is 37.1 Å². The highest BCUT2D eigenvalue weighted by atomic mass is 19.1. The van der Waals surface area contributed by atoms with Gasteiger partial charge in [0.15, 0.2) is 5.65 Å². The molecule has 4 aromatic rings. The van der Waals surface area contributed by atoms with Crippen LogP contribution in [0, 0.1) is 18.6 Å². The van der Waals surface area contributed by atoms with Crippen molar-refractivity contribution in [3.05, 3.63) is 59.6 Å². The van der Waals surface area contributed by atoms with Crippen molar-refractivity contribution in [1.29, 1.82) is 0 Å². The largest absolute Gasteiger partial charge is 0.325 e. The molecule has 0 amide bonds. The molecule has 0 aliphatic carbocycles. The van der Waals surface area contributed by atoms with E-state index < -0.39 is 11.6 Å². The molecule has 0 N–H and O–H groups in total. The van der Waals surface area contributed by atoms with Gasteiger partial charge < -0.3 is 4.57 Å². The standard InChI is InChI=1S/C19H15F2N5/c1-11-9-12(14(21)10-13(11)20)17-18(25-7-4-6-15(25)22-17)19-23-16-5-2-3-8-26(16)24-19/h2-3,5,8-10H,4,6-7H2,1H3. The minimum atomic E-state index is -0.630. The third kappa shape index (κ3) is 2.16. The maximum atomic E-state index is 14.5. The normalized spacial score (nSPS) is 13.5.